The molecule has 5 rings (SSSR count). The molecule has 2 aromatic carbocycles. The van der Waals surface area contributed by atoms with Gasteiger partial charge in [-0.3, -0.25) is 4.79 Å². The third-order valence-electron chi connectivity index (χ3n) is 6.04. The molecule has 32 heavy (non-hydrogen) atoms. The molecule has 1 aromatic heterocycles. The molecule has 164 valence electrons. The molecule has 2 heterocycles. The van der Waals surface area contributed by atoms with Crippen LogP contribution in [0.1, 0.15) is 41.0 Å². The Kier molecular flexibility index (Phi) is 5.34. The van der Waals surface area contributed by atoms with Crippen LogP contribution < -0.4 is 10.6 Å². The van der Waals surface area contributed by atoms with Crippen LogP contribution in [0.3, 0.4) is 0 Å². The molecule has 1 aliphatic carbocycles. The fraction of sp³-hybridized carbons (Fsp3) is 0.292. The van der Waals surface area contributed by atoms with E-state index in [1.807, 2.05) is 0 Å². The van der Waals surface area contributed by atoms with Crippen LogP contribution in [0.2, 0.25) is 0 Å². The largest absolute Gasteiger partial charge is 0.325 e. The number of para-hydroxylation sites is 3. The standard InChI is InChI=1S/C24H24FN5O2/c25-17-9-1-4-12-21(17)30-20-13-7-8-16(20)22(28-30)23(31)26-18-10-2-3-11-19(18)27-24(32)29-14-5-6-15-29/h1-4,9-12H,5-8,13-15H2,(H,26,31)(H,27,32). The van der Waals surface area contributed by atoms with Crippen LogP contribution in [0.5, 0.6) is 0 Å². The number of fused-ring (bicyclic) bond motifs is 1. The molecule has 0 atom stereocenters. The van der Waals surface area contributed by atoms with Crippen molar-refractivity contribution in [2.45, 2.75) is 32.1 Å². The Labute approximate surface area is 185 Å². The number of aromatic nitrogens is 2. The smallest absolute Gasteiger partial charge is 0.321 e. The highest BCUT2D eigenvalue weighted by Crippen LogP contribution is 2.30. The Morgan fingerprint density at radius 2 is 1.56 bits per heavy atom. The van der Waals surface area contributed by atoms with Gasteiger partial charge in [-0.05, 0) is 56.4 Å². The first-order valence-corrected chi connectivity index (χ1v) is 10.9. The molecule has 1 aliphatic heterocycles. The van der Waals surface area contributed by atoms with E-state index in [-0.39, 0.29) is 17.8 Å². The zero-order valence-corrected chi connectivity index (χ0v) is 17.6. The first kappa shape index (κ1) is 20.2. The second-order valence-corrected chi connectivity index (χ2v) is 8.11. The summed E-state index contributed by atoms with van der Waals surface area (Å²) in [6.07, 6.45) is 4.36. The number of anilines is 2. The topological polar surface area (TPSA) is 79.3 Å². The van der Waals surface area contributed by atoms with Crippen molar-refractivity contribution in [1.82, 2.24) is 14.7 Å². The number of urea groups is 1. The summed E-state index contributed by atoms with van der Waals surface area (Å²) in [5.41, 5.74) is 3.38. The lowest BCUT2D eigenvalue weighted by molar-refractivity contribution is 0.102. The van der Waals surface area contributed by atoms with Crippen LogP contribution in [0.4, 0.5) is 20.6 Å². The molecule has 1 saturated heterocycles. The maximum absolute atomic E-state index is 14.4. The number of amides is 3. The summed E-state index contributed by atoms with van der Waals surface area (Å²) in [5, 5.41) is 10.3. The molecule has 0 bridgehead atoms. The maximum atomic E-state index is 14.4. The molecule has 2 N–H and O–H groups in total. The monoisotopic (exact) mass is 433 g/mol. The van der Waals surface area contributed by atoms with Crippen LogP contribution in [-0.4, -0.2) is 39.7 Å². The number of rotatable bonds is 4. The van der Waals surface area contributed by atoms with Gasteiger partial charge in [0.25, 0.3) is 5.91 Å². The van der Waals surface area contributed by atoms with E-state index < -0.39 is 0 Å². The molecule has 0 spiro atoms. The van der Waals surface area contributed by atoms with Crippen LogP contribution >= 0.6 is 0 Å². The van der Waals surface area contributed by atoms with Crippen molar-refractivity contribution in [2.24, 2.45) is 0 Å². The summed E-state index contributed by atoms with van der Waals surface area (Å²) in [4.78, 5) is 27.5. The lowest BCUT2D eigenvalue weighted by Crippen LogP contribution is -2.32. The van der Waals surface area contributed by atoms with Crippen molar-refractivity contribution in [2.75, 3.05) is 23.7 Å². The van der Waals surface area contributed by atoms with E-state index in [0.717, 1.165) is 56.5 Å². The molecule has 0 unspecified atom stereocenters. The minimum Gasteiger partial charge on any atom is -0.325 e. The van der Waals surface area contributed by atoms with Crippen LogP contribution in [-0.2, 0) is 12.8 Å². The first-order valence-electron chi connectivity index (χ1n) is 10.9. The summed E-state index contributed by atoms with van der Waals surface area (Å²) < 4.78 is 15.9. The molecule has 8 heteroatoms. The molecule has 2 aliphatic rings. The third kappa shape index (κ3) is 3.72. The summed E-state index contributed by atoms with van der Waals surface area (Å²) in [6.45, 7) is 1.47. The van der Waals surface area contributed by atoms with Gasteiger partial charge in [-0.1, -0.05) is 24.3 Å². The molecule has 7 nitrogen and oxygen atoms in total. The molecular formula is C24H24FN5O2. The van der Waals surface area contributed by atoms with Crippen molar-refractivity contribution in [3.63, 3.8) is 0 Å². The van der Waals surface area contributed by atoms with Crippen molar-refractivity contribution < 1.29 is 14.0 Å². The lowest BCUT2D eigenvalue weighted by Gasteiger charge is -2.18. The van der Waals surface area contributed by atoms with Gasteiger partial charge in [-0.25, -0.2) is 13.9 Å². The van der Waals surface area contributed by atoms with Crippen molar-refractivity contribution >= 4 is 23.3 Å². The fourth-order valence-electron chi connectivity index (χ4n) is 4.44. The van der Waals surface area contributed by atoms with Crippen LogP contribution in [0.25, 0.3) is 5.69 Å². The molecule has 1 fully saturated rings. The van der Waals surface area contributed by atoms with E-state index in [2.05, 4.69) is 15.7 Å². The third-order valence-corrected chi connectivity index (χ3v) is 6.04. The van der Waals surface area contributed by atoms with Gasteiger partial charge in [0.15, 0.2) is 5.69 Å². The predicted octanol–water partition coefficient (Wildman–Crippen LogP) is 4.38. The number of likely N-dealkylation sites (tertiary alicyclic amines) is 1. The van der Waals surface area contributed by atoms with Crippen molar-refractivity contribution in [3.8, 4) is 5.69 Å². The zero-order valence-electron chi connectivity index (χ0n) is 17.6. The molecule has 3 aromatic rings. The van der Waals surface area contributed by atoms with Gasteiger partial charge >= 0.3 is 6.03 Å². The van der Waals surface area contributed by atoms with Crippen LogP contribution in [0, 0.1) is 5.82 Å². The molecule has 0 saturated carbocycles. The Hall–Kier alpha value is -3.68. The zero-order chi connectivity index (χ0) is 22.1. The van der Waals surface area contributed by atoms with Gasteiger partial charge in [-0.2, -0.15) is 5.10 Å². The Morgan fingerprint density at radius 1 is 0.875 bits per heavy atom. The number of carbonyl (C=O) groups is 2. The predicted molar refractivity (Wildman–Crippen MR) is 120 cm³/mol. The number of halogens is 1. The number of hydrogen-bond donors (Lipinski definition) is 2. The van der Waals surface area contributed by atoms with Crippen LogP contribution in [0.15, 0.2) is 48.5 Å². The molecule has 0 radical (unpaired) electrons. The second kappa shape index (κ2) is 8.45. The average Bonchev–Trinajstić information content (AvgIpc) is 3.54. The van der Waals surface area contributed by atoms with E-state index in [0.29, 0.717) is 22.8 Å². The van der Waals surface area contributed by atoms with E-state index in [9.17, 15) is 14.0 Å². The van der Waals surface area contributed by atoms with E-state index in [4.69, 9.17) is 0 Å². The van der Waals surface area contributed by atoms with E-state index in [1.165, 1.54) is 6.07 Å². The second-order valence-electron chi connectivity index (χ2n) is 8.11. The fourth-order valence-corrected chi connectivity index (χ4v) is 4.44. The Balaban J connectivity index is 1.41. The summed E-state index contributed by atoms with van der Waals surface area (Å²) in [7, 11) is 0. The normalized spacial score (nSPS) is 15.0. The first-order chi connectivity index (χ1) is 15.6. The van der Waals surface area contributed by atoms with Gasteiger partial charge in [-0.15, -0.1) is 0 Å². The highest BCUT2D eigenvalue weighted by molar-refractivity contribution is 6.07. The number of carbonyl (C=O) groups excluding carboxylic acids is 2. The van der Waals surface area contributed by atoms with Gasteiger partial charge in [0.2, 0.25) is 0 Å². The average molecular weight is 433 g/mol. The van der Waals surface area contributed by atoms with Gasteiger partial charge < -0.3 is 15.5 Å². The SMILES string of the molecule is O=C(Nc1ccccc1NC(=O)N1CCCC1)c1nn(-c2ccccc2F)c2c1CCC2. The highest BCUT2D eigenvalue weighted by atomic mass is 19.1. The number of nitrogens with one attached hydrogen (secondary N) is 2. The summed E-state index contributed by atoms with van der Waals surface area (Å²) in [5.74, 6) is -0.757. The number of nitrogens with zero attached hydrogens (tertiary/aromatic N) is 3. The summed E-state index contributed by atoms with van der Waals surface area (Å²) >= 11 is 0. The van der Waals surface area contributed by atoms with Crippen molar-refractivity contribution in [1.29, 1.82) is 0 Å². The lowest BCUT2D eigenvalue weighted by atomic mass is 10.2. The minimum atomic E-state index is -0.383. The van der Waals surface area contributed by atoms with E-state index >= 15 is 0 Å². The van der Waals surface area contributed by atoms with Gasteiger partial charge in [0.05, 0.1) is 11.4 Å². The molecule has 3 amide bonds. The minimum absolute atomic E-state index is 0.172. The Bertz CT molecular complexity index is 1180. The van der Waals surface area contributed by atoms with E-state index in [1.54, 1.807) is 52.0 Å². The number of hydrogen-bond acceptors (Lipinski definition) is 3. The van der Waals surface area contributed by atoms with Gasteiger partial charge in [0.1, 0.15) is 11.5 Å². The number of benzene rings is 2. The highest BCUT2D eigenvalue weighted by Gasteiger charge is 2.28. The quantitative estimate of drug-likeness (QED) is 0.641. The van der Waals surface area contributed by atoms with Crippen molar-refractivity contribution in [3.05, 3.63) is 71.3 Å². The molecular weight excluding hydrogens is 409 g/mol. The van der Waals surface area contributed by atoms with Gasteiger partial charge in [0, 0.05) is 24.3 Å². The summed E-state index contributed by atoms with van der Waals surface area (Å²) in [6, 6.07) is 13.3. The maximum Gasteiger partial charge on any atom is 0.321 e. The Morgan fingerprint density at radius 3 is 2.31 bits per heavy atom.